The third-order valence-corrected chi connectivity index (χ3v) is 5.82. The molecular weight excluding hydrogens is 286 g/mol. The number of anilines is 1. The highest BCUT2D eigenvalue weighted by atomic mass is 15.2. The number of aromatic nitrogens is 2. The Hall–Kier alpha value is -1.20. The van der Waals surface area contributed by atoms with E-state index in [-0.39, 0.29) is 0 Å². The lowest BCUT2D eigenvalue weighted by Gasteiger charge is -2.24. The van der Waals surface area contributed by atoms with Crippen molar-refractivity contribution in [3.63, 3.8) is 0 Å². The van der Waals surface area contributed by atoms with Gasteiger partial charge < -0.3 is 16.0 Å². The molecule has 3 aliphatic rings. The van der Waals surface area contributed by atoms with Crippen LogP contribution in [0.2, 0.25) is 0 Å². The zero-order valence-electron chi connectivity index (χ0n) is 14.1. The van der Waals surface area contributed by atoms with Gasteiger partial charge in [-0.15, -0.1) is 0 Å². The highest BCUT2D eigenvalue weighted by molar-refractivity contribution is 5.51. The quantitative estimate of drug-likeness (QED) is 0.887. The molecule has 0 spiro atoms. The zero-order chi connectivity index (χ0) is 15.6. The highest BCUT2D eigenvalue weighted by Crippen LogP contribution is 2.35. The average molecular weight is 315 g/mol. The van der Waals surface area contributed by atoms with E-state index in [1.807, 2.05) is 0 Å². The van der Waals surface area contributed by atoms with Crippen LogP contribution >= 0.6 is 0 Å². The van der Waals surface area contributed by atoms with Gasteiger partial charge in [-0.05, 0) is 44.7 Å². The second kappa shape index (κ2) is 6.73. The van der Waals surface area contributed by atoms with Gasteiger partial charge in [-0.1, -0.05) is 12.8 Å². The fourth-order valence-electron chi connectivity index (χ4n) is 4.39. The van der Waals surface area contributed by atoms with E-state index < -0.39 is 0 Å². The van der Waals surface area contributed by atoms with Crippen molar-refractivity contribution in [3.05, 3.63) is 17.1 Å². The molecule has 1 aliphatic carbocycles. The Balaban J connectivity index is 1.71. The summed E-state index contributed by atoms with van der Waals surface area (Å²) in [4.78, 5) is 12.6. The third-order valence-electron chi connectivity index (χ3n) is 5.82. The Morgan fingerprint density at radius 2 is 1.91 bits per heavy atom. The molecule has 0 radical (unpaired) electrons. The zero-order valence-corrected chi connectivity index (χ0v) is 14.1. The topological polar surface area (TPSA) is 67.1 Å². The molecule has 3 heterocycles. The largest absolute Gasteiger partial charge is 0.356 e. The lowest BCUT2D eigenvalue weighted by molar-refractivity contribution is 0.601. The fourth-order valence-corrected chi connectivity index (χ4v) is 4.39. The molecule has 1 aromatic rings. The first-order valence-corrected chi connectivity index (χ1v) is 9.40. The SMILES string of the molecule is NC[C@H]1CCN(c2nc(C3CCCC3)nc3c2CCNCC3)C1. The normalized spacial score (nSPS) is 25.6. The Labute approximate surface area is 139 Å². The van der Waals surface area contributed by atoms with Crippen molar-refractivity contribution in [1.29, 1.82) is 0 Å². The van der Waals surface area contributed by atoms with Gasteiger partial charge in [0, 0.05) is 37.5 Å². The van der Waals surface area contributed by atoms with Gasteiger partial charge in [0.2, 0.25) is 0 Å². The molecule has 126 valence electrons. The van der Waals surface area contributed by atoms with Crippen molar-refractivity contribution in [1.82, 2.24) is 15.3 Å². The number of nitrogens with zero attached hydrogens (tertiary/aromatic N) is 3. The van der Waals surface area contributed by atoms with Crippen molar-refractivity contribution < 1.29 is 0 Å². The smallest absolute Gasteiger partial charge is 0.135 e. The van der Waals surface area contributed by atoms with Gasteiger partial charge in [0.15, 0.2) is 0 Å². The van der Waals surface area contributed by atoms with E-state index >= 15 is 0 Å². The van der Waals surface area contributed by atoms with Crippen LogP contribution in [0.3, 0.4) is 0 Å². The summed E-state index contributed by atoms with van der Waals surface area (Å²) in [7, 11) is 0. The fraction of sp³-hybridized carbons (Fsp3) is 0.778. The molecule has 1 atom stereocenters. The molecule has 0 amide bonds. The first-order valence-electron chi connectivity index (χ1n) is 9.40. The number of hydrogen-bond acceptors (Lipinski definition) is 5. The van der Waals surface area contributed by atoms with Gasteiger partial charge in [0.05, 0.1) is 5.69 Å². The van der Waals surface area contributed by atoms with E-state index in [0.29, 0.717) is 11.8 Å². The molecule has 5 heteroatoms. The van der Waals surface area contributed by atoms with Crippen molar-refractivity contribution in [2.24, 2.45) is 11.7 Å². The minimum Gasteiger partial charge on any atom is -0.356 e. The Bertz CT molecular complexity index is 553. The third kappa shape index (κ3) is 3.09. The Morgan fingerprint density at radius 1 is 1.09 bits per heavy atom. The van der Waals surface area contributed by atoms with Gasteiger partial charge in [0.25, 0.3) is 0 Å². The number of nitrogens with two attached hydrogens (primary N) is 1. The molecule has 5 nitrogen and oxygen atoms in total. The van der Waals surface area contributed by atoms with Gasteiger partial charge in [0.1, 0.15) is 11.6 Å². The number of fused-ring (bicyclic) bond motifs is 1. The lowest BCUT2D eigenvalue weighted by Crippen LogP contribution is -2.26. The molecule has 0 unspecified atom stereocenters. The Morgan fingerprint density at radius 3 is 2.70 bits per heavy atom. The van der Waals surface area contributed by atoms with Crippen molar-refractivity contribution in [2.75, 3.05) is 37.6 Å². The summed E-state index contributed by atoms with van der Waals surface area (Å²) >= 11 is 0. The first kappa shape index (κ1) is 15.3. The van der Waals surface area contributed by atoms with Crippen LogP contribution in [0.15, 0.2) is 0 Å². The Kier molecular flexibility index (Phi) is 4.49. The molecular formula is C18H29N5. The van der Waals surface area contributed by atoms with Gasteiger partial charge in [-0.3, -0.25) is 0 Å². The molecule has 23 heavy (non-hydrogen) atoms. The van der Waals surface area contributed by atoms with Crippen LogP contribution in [0.1, 0.15) is 55.1 Å². The van der Waals surface area contributed by atoms with Crippen molar-refractivity contribution >= 4 is 5.82 Å². The predicted octanol–water partition coefficient (Wildman–Crippen LogP) is 1.61. The predicted molar refractivity (Wildman–Crippen MR) is 92.9 cm³/mol. The van der Waals surface area contributed by atoms with Crippen LogP contribution in [-0.4, -0.2) is 42.7 Å². The second-order valence-electron chi connectivity index (χ2n) is 7.40. The average Bonchev–Trinajstić information content (AvgIpc) is 3.22. The maximum atomic E-state index is 5.90. The monoisotopic (exact) mass is 315 g/mol. The van der Waals surface area contributed by atoms with E-state index in [1.165, 1.54) is 49.2 Å². The molecule has 2 aliphatic heterocycles. The van der Waals surface area contributed by atoms with Crippen LogP contribution in [0.4, 0.5) is 5.82 Å². The molecule has 3 N–H and O–H groups in total. The summed E-state index contributed by atoms with van der Waals surface area (Å²) in [6.07, 6.45) is 8.50. The summed E-state index contributed by atoms with van der Waals surface area (Å²) in [6.45, 7) is 5.04. The molecule has 1 aromatic heterocycles. The van der Waals surface area contributed by atoms with Crippen molar-refractivity contribution in [3.8, 4) is 0 Å². The van der Waals surface area contributed by atoms with Gasteiger partial charge >= 0.3 is 0 Å². The minimum absolute atomic E-state index is 0.586. The molecule has 0 bridgehead atoms. The van der Waals surface area contributed by atoms with Crippen LogP contribution in [-0.2, 0) is 12.8 Å². The molecule has 4 rings (SSSR count). The number of rotatable bonds is 3. The molecule has 0 aromatic carbocycles. The van der Waals surface area contributed by atoms with E-state index in [9.17, 15) is 0 Å². The second-order valence-corrected chi connectivity index (χ2v) is 7.40. The summed E-state index contributed by atoms with van der Waals surface area (Å²) in [5, 5.41) is 3.51. The minimum atomic E-state index is 0.586. The number of hydrogen-bond donors (Lipinski definition) is 2. The number of nitrogens with one attached hydrogen (secondary N) is 1. The van der Waals surface area contributed by atoms with Crippen LogP contribution in [0, 0.1) is 5.92 Å². The van der Waals surface area contributed by atoms with Gasteiger partial charge in [-0.25, -0.2) is 9.97 Å². The van der Waals surface area contributed by atoms with E-state index in [1.54, 1.807) is 0 Å². The van der Waals surface area contributed by atoms with Crippen molar-refractivity contribution in [2.45, 2.75) is 50.9 Å². The maximum Gasteiger partial charge on any atom is 0.135 e. The van der Waals surface area contributed by atoms with E-state index in [4.69, 9.17) is 15.7 Å². The summed E-state index contributed by atoms with van der Waals surface area (Å²) in [5.74, 6) is 3.56. The van der Waals surface area contributed by atoms with E-state index in [2.05, 4.69) is 10.2 Å². The lowest BCUT2D eigenvalue weighted by atomic mass is 10.0. The summed E-state index contributed by atoms with van der Waals surface area (Å²) in [5.41, 5.74) is 8.60. The summed E-state index contributed by atoms with van der Waals surface area (Å²) in [6, 6.07) is 0. The van der Waals surface area contributed by atoms with Crippen LogP contribution in [0.5, 0.6) is 0 Å². The molecule has 1 saturated heterocycles. The molecule has 1 saturated carbocycles. The van der Waals surface area contributed by atoms with Crippen LogP contribution in [0.25, 0.3) is 0 Å². The van der Waals surface area contributed by atoms with E-state index in [0.717, 1.165) is 51.4 Å². The standard InChI is InChI=1S/C18H29N5/c19-11-13-7-10-23(12-13)18-15-5-8-20-9-6-16(15)21-17(22-18)14-3-1-2-4-14/h13-14,20H,1-12,19H2/t13-/m1/s1. The van der Waals surface area contributed by atoms with Gasteiger partial charge in [-0.2, -0.15) is 0 Å². The first-order chi connectivity index (χ1) is 11.3. The maximum absolute atomic E-state index is 5.90. The van der Waals surface area contributed by atoms with Crippen LogP contribution < -0.4 is 16.0 Å². The molecule has 2 fully saturated rings. The summed E-state index contributed by atoms with van der Waals surface area (Å²) < 4.78 is 0. The highest BCUT2D eigenvalue weighted by Gasteiger charge is 2.29.